The average Bonchev–Trinajstić information content (AvgIpc) is 2.87. The van der Waals surface area contributed by atoms with Gasteiger partial charge in [0.25, 0.3) is 0 Å². The molecule has 1 fully saturated rings. The Morgan fingerprint density at radius 3 is 2.88 bits per heavy atom. The van der Waals surface area contributed by atoms with Gasteiger partial charge < -0.3 is 4.90 Å². The fraction of sp³-hybridized carbons (Fsp3) is 0.700. The number of nitrogens with zero attached hydrogens (tertiary/aromatic N) is 3. The number of rotatable bonds is 4. The molecule has 1 atom stereocenters. The standard InChI is InChI=1S/C10H17N5OS/c1-6(2)7-3-9(16)15(4-7)5-8-13-14-10(12-11)17-8/h6-7H,3-5,11H2,1-2H3,(H,12,14). The Balaban J connectivity index is 1.97. The van der Waals surface area contributed by atoms with Gasteiger partial charge in [-0.3, -0.25) is 10.2 Å². The number of likely N-dealkylation sites (tertiary alicyclic amines) is 1. The van der Waals surface area contributed by atoms with E-state index in [1.807, 2.05) is 4.90 Å². The average molecular weight is 255 g/mol. The molecule has 1 aromatic rings. The molecule has 0 saturated carbocycles. The van der Waals surface area contributed by atoms with Gasteiger partial charge >= 0.3 is 0 Å². The van der Waals surface area contributed by atoms with Gasteiger partial charge in [0.05, 0.1) is 6.54 Å². The van der Waals surface area contributed by atoms with Crippen molar-refractivity contribution < 1.29 is 4.79 Å². The number of anilines is 1. The van der Waals surface area contributed by atoms with Crippen molar-refractivity contribution in [2.24, 2.45) is 17.7 Å². The molecule has 0 aliphatic carbocycles. The number of amides is 1. The van der Waals surface area contributed by atoms with Crippen LogP contribution in [-0.4, -0.2) is 27.5 Å². The lowest BCUT2D eigenvalue weighted by molar-refractivity contribution is -0.128. The van der Waals surface area contributed by atoms with Gasteiger partial charge in [-0.25, -0.2) is 5.84 Å². The number of aromatic nitrogens is 2. The first-order valence-corrected chi connectivity index (χ1v) is 6.48. The lowest BCUT2D eigenvalue weighted by atomic mass is 9.95. The Morgan fingerprint density at radius 1 is 1.59 bits per heavy atom. The maximum Gasteiger partial charge on any atom is 0.223 e. The van der Waals surface area contributed by atoms with Gasteiger partial charge in [0.2, 0.25) is 11.0 Å². The molecule has 0 spiro atoms. The van der Waals surface area contributed by atoms with Gasteiger partial charge in [-0.05, 0) is 11.8 Å². The molecular formula is C10H17N5OS. The van der Waals surface area contributed by atoms with E-state index in [2.05, 4.69) is 29.5 Å². The molecule has 1 amide bonds. The number of carbonyl (C=O) groups excluding carboxylic acids is 1. The molecule has 2 rings (SSSR count). The summed E-state index contributed by atoms with van der Waals surface area (Å²) in [5, 5.41) is 9.23. The summed E-state index contributed by atoms with van der Waals surface area (Å²) in [6, 6.07) is 0. The van der Waals surface area contributed by atoms with E-state index in [0.717, 1.165) is 11.6 Å². The third-order valence-corrected chi connectivity index (χ3v) is 3.94. The second-order valence-corrected chi connectivity index (χ2v) is 5.69. The lowest BCUT2D eigenvalue weighted by Gasteiger charge is -2.16. The molecule has 94 valence electrons. The van der Waals surface area contributed by atoms with E-state index in [-0.39, 0.29) is 5.91 Å². The van der Waals surface area contributed by atoms with E-state index in [9.17, 15) is 4.79 Å². The van der Waals surface area contributed by atoms with Crippen molar-refractivity contribution in [1.29, 1.82) is 0 Å². The lowest BCUT2D eigenvalue weighted by Crippen LogP contribution is -2.25. The van der Waals surface area contributed by atoms with Crippen LogP contribution in [0.1, 0.15) is 25.3 Å². The summed E-state index contributed by atoms with van der Waals surface area (Å²) in [7, 11) is 0. The van der Waals surface area contributed by atoms with E-state index in [4.69, 9.17) is 5.84 Å². The van der Waals surface area contributed by atoms with Gasteiger partial charge in [0.1, 0.15) is 5.01 Å². The minimum atomic E-state index is 0.209. The molecule has 1 saturated heterocycles. The predicted octanol–water partition coefficient (Wildman–Crippen LogP) is 0.828. The summed E-state index contributed by atoms with van der Waals surface area (Å²) in [6.07, 6.45) is 0.651. The zero-order valence-corrected chi connectivity index (χ0v) is 10.8. The molecular weight excluding hydrogens is 238 g/mol. The highest BCUT2D eigenvalue weighted by Gasteiger charge is 2.31. The summed E-state index contributed by atoms with van der Waals surface area (Å²) in [5.74, 6) is 6.45. The van der Waals surface area contributed by atoms with Crippen LogP contribution in [0.2, 0.25) is 0 Å². The third-order valence-electron chi connectivity index (χ3n) is 3.10. The highest BCUT2D eigenvalue weighted by atomic mass is 32.1. The van der Waals surface area contributed by atoms with Crippen LogP contribution >= 0.6 is 11.3 Å². The highest BCUT2D eigenvalue weighted by Crippen LogP contribution is 2.27. The summed E-state index contributed by atoms with van der Waals surface area (Å²) < 4.78 is 0. The Labute approximate surface area is 104 Å². The van der Waals surface area contributed by atoms with Crippen LogP contribution in [0.5, 0.6) is 0 Å². The minimum Gasteiger partial charge on any atom is -0.336 e. The SMILES string of the molecule is CC(C)C1CC(=O)N(Cc2nnc(NN)s2)C1. The normalized spacial score (nSPS) is 20.4. The Bertz CT molecular complexity index is 405. The van der Waals surface area contributed by atoms with Crippen molar-refractivity contribution >= 4 is 22.4 Å². The molecule has 6 nitrogen and oxygen atoms in total. The van der Waals surface area contributed by atoms with Crippen LogP contribution in [0.3, 0.4) is 0 Å². The van der Waals surface area contributed by atoms with Crippen molar-refractivity contribution in [2.75, 3.05) is 12.0 Å². The first-order valence-electron chi connectivity index (χ1n) is 5.67. The van der Waals surface area contributed by atoms with Crippen molar-refractivity contribution in [3.63, 3.8) is 0 Å². The number of hydrazine groups is 1. The number of nitrogens with two attached hydrogens (primary N) is 1. The van der Waals surface area contributed by atoms with Gasteiger partial charge in [-0.15, -0.1) is 10.2 Å². The van der Waals surface area contributed by atoms with Gasteiger partial charge in [0, 0.05) is 13.0 Å². The van der Waals surface area contributed by atoms with Crippen LogP contribution in [0.4, 0.5) is 5.13 Å². The monoisotopic (exact) mass is 255 g/mol. The zero-order valence-electron chi connectivity index (χ0n) is 10.0. The van der Waals surface area contributed by atoms with E-state index in [1.54, 1.807) is 0 Å². The van der Waals surface area contributed by atoms with Crippen LogP contribution in [-0.2, 0) is 11.3 Å². The Hall–Kier alpha value is -1.21. The van der Waals surface area contributed by atoms with E-state index >= 15 is 0 Å². The van der Waals surface area contributed by atoms with Gasteiger partial charge in [-0.2, -0.15) is 0 Å². The molecule has 1 aliphatic rings. The van der Waals surface area contributed by atoms with Gasteiger partial charge in [-0.1, -0.05) is 25.2 Å². The molecule has 0 bridgehead atoms. The summed E-state index contributed by atoms with van der Waals surface area (Å²) in [6.45, 7) is 5.68. The molecule has 1 unspecified atom stereocenters. The van der Waals surface area contributed by atoms with E-state index in [1.165, 1.54) is 11.3 Å². The maximum atomic E-state index is 11.8. The zero-order chi connectivity index (χ0) is 12.4. The Kier molecular flexibility index (Phi) is 3.58. The Morgan fingerprint density at radius 2 is 2.35 bits per heavy atom. The van der Waals surface area contributed by atoms with E-state index in [0.29, 0.717) is 29.9 Å². The number of hydrogen-bond acceptors (Lipinski definition) is 6. The van der Waals surface area contributed by atoms with Crippen molar-refractivity contribution in [1.82, 2.24) is 15.1 Å². The highest BCUT2D eigenvalue weighted by molar-refractivity contribution is 7.15. The fourth-order valence-electron chi connectivity index (χ4n) is 1.94. The number of nitrogen functional groups attached to an aromatic ring is 1. The number of nitrogens with one attached hydrogen (secondary N) is 1. The van der Waals surface area contributed by atoms with Crippen LogP contribution in [0.15, 0.2) is 0 Å². The third kappa shape index (κ3) is 2.73. The second-order valence-electron chi connectivity index (χ2n) is 4.63. The van der Waals surface area contributed by atoms with Crippen LogP contribution in [0, 0.1) is 11.8 Å². The number of carbonyl (C=O) groups is 1. The molecule has 0 aromatic carbocycles. The molecule has 3 N–H and O–H groups in total. The largest absolute Gasteiger partial charge is 0.336 e. The maximum absolute atomic E-state index is 11.8. The first-order chi connectivity index (χ1) is 8.10. The topological polar surface area (TPSA) is 84.1 Å². The summed E-state index contributed by atoms with van der Waals surface area (Å²) >= 11 is 1.38. The number of hydrogen-bond donors (Lipinski definition) is 2. The minimum absolute atomic E-state index is 0.209. The van der Waals surface area contributed by atoms with Gasteiger partial charge in [0.15, 0.2) is 0 Å². The molecule has 0 radical (unpaired) electrons. The molecule has 1 aliphatic heterocycles. The molecule has 7 heteroatoms. The summed E-state index contributed by atoms with van der Waals surface area (Å²) in [5.41, 5.74) is 2.45. The molecule has 1 aromatic heterocycles. The van der Waals surface area contributed by atoms with Crippen LogP contribution < -0.4 is 11.3 Å². The summed E-state index contributed by atoms with van der Waals surface area (Å²) in [4.78, 5) is 13.7. The van der Waals surface area contributed by atoms with Crippen molar-refractivity contribution in [2.45, 2.75) is 26.8 Å². The predicted molar refractivity (Wildman–Crippen MR) is 66.1 cm³/mol. The van der Waals surface area contributed by atoms with Crippen molar-refractivity contribution in [3.05, 3.63) is 5.01 Å². The van der Waals surface area contributed by atoms with Crippen LogP contribution in [0.25, 0.3) is 0 Å². The second kappa shape index (κ2) is 4.97. The van der Waals surface area contributed by atoms with E-state index < -0.39 is 0 Å². The molecule has 2 heterocycles. The quantitative estimate of drug-likeness (QED) is 0.615. The fourth-order valence-corrected chi connectivity index (χ4v) is 2.61. The molecule has 17 heavy (non-hydrogen) atoms. The first kappa shape index (κ1) is 12.3. The smallest absolute Gasteiger partial charge is 0.223 e. The van der Waals surface area contributed by atoms with Crippen molar-refractivity contribution in [3.8, 4) is 0 Å².